The molecule has 0 bridgehead atoms. The Kier molecular flexibility index (Phi) is 6.03. The number of carbonyl (C=O) groups excluding carboxylic acids is 3. The van der Waals surface area contributed by atoms with E-state index in [2.05, 4.69) is 9.97 Å². The van der Waals surface area contributed by atoms with Crippen molar-refractivity contribution in [2.75, 3.05) is 5.75 Å². The van der Waals surface area contributed by atoms with Gasteiger partial charge in [-0.2, -0.15) is 0 Å². The maximum Gasteiger partial charge on any atom is 0.208 e. The van der Waals surface area contributed by atoms with Crippen molar-refractivity contribution in [2.24, 2.45) is 0 Å². The summed E-state index contributed by atoms with van der Waals surface area (Å²) >= 11 is 0.746. The summed E-state index contributed by atoms with van der Waals surface area (Å²) in [5.74, 6) is -3.39. The van der Waals surface area contributed by atoms with Crippen molar-refractivity contribution in [1.82, 2.24) is 9.97 Å². The van der Waals surface area contributed by atoms with E-state index in [9.17, 15) is 29.7 Å². The number of nitrogens with zero attached hydrogens (tertiary/aromatic N) is 2. The minimum atomic E-state index is -3.10. The number of rotatable bonds is 6. The summed E-state index contributed by atoms with van der Waals surface area (Å²) in [4.78, 5) is 45.4. The van der Waals surface area contributed by atoms with Crippen molar-refractivity contribution in [3.8, 4) is 17.0 Å². The summed E-state index contributed by atoms with van der Waals surface area (Å²) < 4.78 is 5.82. The van der Waals surface area contributed by atoms with Crippen LogP contribution in [0, 0.1) is 0 Å². The number of carbonyl (C=O) groups is 3. The fourth-order valence-electron chi connectivity index (χ4n) is 3.66. The lowest BCUT2D eigenvalue weighted by Crippen LogP contribution is -2.82. The van der Waals surface area contributed by atoms with E-state index in [1.54, 1.807) is 30.5 Å². The minimum absolute atomic E-state index is 0.208. The highest BCUT2D eigenvalue weighted by Crippen LogP contribution is 2.49. The lowest BCUT2D eigenvalue weighted by molar-refractivity contribution is -0.235. The van der Waals surface area contributed by atoms with Crippen molar-refractivity contribution < 1.29 is 34.4 Å². The zero-order valence-electron chi connectivity index (χ0n) is 17.1. The van der Waals surface area contributed by atoms with E-state index in [0.717, 1.165) is 32.5 Å². The first-order valence-corrected chi connectivity index (χ1v) is 10.4. The lowest BCUT2D eigenvalue weighted by Gasteiger charge is -2.54. The summed E-state index contributed by atoms with van der Waals surface area (Å²) in [7, 11) is 0. The summed E-state index contributed by atoms with van der Waals surface area (Å²) in [6, 6.07) is 6.55. The van der Waals surface area contributed by atoms with Gasteiger partial charge in [0.25, 0.3) is 0 Å². The van der Waals surface area contributed by atoms with Crippen molar-refractivity contribution in [3.63, 3.8) is 0 Å². The van der Waals surface area contributed by atoms with Crippen molar-refractivity contribution in [3.05, 3.63) is 42.9 Å². The summed E-state index contributed by atoms with van der Waals surface area (Å²) in [6.07, 6.45) is 4.58. The fourth-order valence-corrected chi connectivity index (χ4v) is 5.23. The second-order valence-electron chi connectivity index (χ2n) is 7.38. The van der Waals surface area contributed by atoms with E-state index in [1.165, 1.54) is 12.4 Å². The van der Waals surface area contributed by atoms with Crippen LogP contribution in [0.4, 0.5) is 0 Å². The molecule has 0 amide bonds. The Balaban J connectivity index is 2.06. The second kappa shape index (κ2) is 8.12. The van der Waals surface area contributed by atoms with E-state index in [0.29, 0.717) is 11.3 Å². The molecule has 1 fully saturated rings. The Morgan fingerprint density at radius 2 is 1.77 bits per heavy atom. The smallest absolute Gasteiger partial charge is 0.208 e. The molecule has 0 saturated carbocycles. The number of thioether (sulfide) groups is 1. The highest BCUT2D eigenvalue weighted by atomic mass is 32.2. The predicted octanol–water partition coefficient (Wildman–Crippen LogP) is 0.556. The molecule has 0 unspecified atom stereocenters. The van der Waals surface area contributed by atoms with Crippen LogP contribution in [0.15, 0.2) is 42.9 Å². The molecule has 0 aliphatic carbocycles. The topological polar surface area (TPSA) is 147 Å². The predicted molar refractivity (Wildman–Crippen MR) is 111 cm³/mol. The molecule has 0 radical (unpaired) electrons. The zero-order valence-corrected chi connectivity index (χ0v) is 17.9. The molecule has 164 valence electrons. The third-order valence-corrected chi connectivity index (χ3v) is 6.82. The van der Waals surface area contributed by atoms with Gasteiger partial charge in [0.2, 0.25) is 5.60 Å². The SMILES string of the molecule is CC(=O)[C@]1(O)[C@@](O)(C(C)=O)CS[C@H](Oc2cccc(-c3cnccn3)c2)[C@@]1(O)C(C)=O. The number of aliphatic hydroxyl groups is 3. The van der Waals surface area contributed by atoms with E-state index in [4.69, 9.17) is 4.74 Å². The molecule has 31 heavy (non-hydrogen) atoms. The molecule has 9 nitrogen and oxygen atoms in total. The third kappa shape index (κ3) is 3.45. The number of benzene rings is 1. The van der Waals surface area contributed by atoms with Crippen molar-refractivity contribution in [2.45, 2.75) is 43.0 Å². The van der Waals surface area contributed by atoms with Crippen LogP contribution in [0.3, 0.4) is 0 Å². The molecular weight excluding hydrogens is 424 g/mol. The number of Topliss-reactive ketones (excluding diaryl/α,β-unsaturated/α-hetero) is 3. The van der Waals surface area contributed by atoms with Crippen molar-refractivity contribution in [1.29, 1.82) is 0 Å². The number of ether oxygens (including phenoxy) is 1. The van der Waals surface area contributed by atoms with Crippen LogP contribution in [-0.4, -0.2) is 70.6 Å². The quantitative estimate of drug-likeness (QED) is 0.575. The molecule has 3 rings (SSSR count). The number of hydrogen-bond acceptors (Lipinski definition) is 10. The molecule has 1 aliphatic heterocycles. The molecule has 4 atom stereocenters. The highest BCUT2D eigenvalue weighted by molar-refractivity contribution is 8.00. The van der Waals surface area contributed by atoms with Gasteiger partial charge in [-0.15, -0.1) is 11.8 Å². The Morgan fingerprint density at radius 3 is 2.32 bits per heavy atom. The van der Waals surface area contributed by atoms with Gasteiger partial charge < -0.3 is 20.1 Å². The average Bonchev–Trinajstić information content (AvgIpc) is 2.74. The standard InChI is InChI=1S/C21H22N2O7S/c1-12(24)19(27)11-31-18(20(28,13(2)25)21(19,29)14(3)26)30-16-6-4-5-15(9-16)17-10-22-7-8-23-17/h4-10,18,27-29H,11H2,1-3H3/t18-,19-,20-,21-/m0/s1. The van der Waals surface area contributed by atoms with Gasteiger partial charge in [-0.3, -0.25) is 24.4 Å². The van der Waals surface area contributed by atoms with Gasteiger partial charge in [0.05, 0.1) is 11.9 Å². The van der Waals surface area contributed by atoms with E-state index in [-0.39, 0.29) is 5.75 Å². The first kappa shape index (κ1) is 23.0. The monoisotopic (exact) mass is 446 g/mol. The summed E-state index contributed by atoms with van der Waals surface area (Å²) in [6.45, 7) is 2.82. The van der Waals surface area contributed by atoms with E-state index in [1.807, 2.05) is 0 Å². The lowest BCUT2D eigenvalue weighted by atomic mass is 9.65. The molecule has 1 aliphatic rings. The summed E-state index contributed by atoms with van der Waals surface area (Å²) in [5.41, 5.74) is -8.97. The van der Waals surface area contributed by atoms with Crippen LogP contribution >= 0.6 is 11.8 Å². The van der Waals surface area contributed by atoms with Gasteiger partial charge in [-0.1, -0.05) is 12.1 Å². The molecule has 10 heteroatoms. The Morgan fingerprint density at radius 1 is 1.06 bits per heavy atom. The molecule has 2 aromatic rings. The normalized spacial score (nSPS) is 30.5. The largest absolute Gasteiger partial charge is 0.476 e. The van der Waals surface area contributed by atoms with Crippen LogP contribution in [0.5, 0.6) is 5.75 Å². The first-order chi connectivity index (χ1) is 14.5. The van der Waals surface area contributed by atoms with Gasteiger partial charge in [-0.25, -0.2) is 0 Å². The van der Waals surface area contributed by atoms with E-state index >= 15 is 0 Å². The Hall–Kier alpha value is -2.66. The van der Waals surface area contributed by atoms with Gasteiger partial charge >= 0.3 is 0 Å². The molecule has 1 aromatic carbocycles. The van der Waals surface area contributed by atoms with Crippen LogP contribution in [0.1, 0.15) is 20.8 Å². The first-order valence-electron chi connectivity index (χ1n) is 9.33. The third-order valence-electron chi connectivity index (χ3n) is 5.50. The van der Waals surface area contributed by atoms with Crippen LogP contribution in [-0.2, 0) is 14.4 Å². The van der Waals surface area contributed by atoms with Crippen LogP contribution in [0.2, 0.25) is 0 Å². The highest BCUT2D eigenvalue weighted by Gasteiger charge is 2.75. The van der Waals surface area contributed by atoms with Gasteiger partial charge in [0.1, 0.15) is 5.75 Å². The Labute approximate surface area is 182 Å². The molecule has 1 saturated heterocycles. The maximum atomic E-state index is 12.5. The molecule has 2 heterocycles. The fraction of sp³-hybridized carbons (Fsp3) is 0.381. The zero-order chi connectivity index (χ0) is 23.0. The average molecular weight is 446 g/mol. The number of ketones is 3. The number of hydrogen-bond donors (Lipinski definition) is 3. The molecule has 3 N–H and O–H groups in total. The number of aromatic nitrogens is 2. The molecule has 1 aromatic heterocycles. The van der Waals surface area contributed by atoms with Crippen LogP contribution in [0.25, 0.3) is 11.3 Å². The van der Waals surface area contributed by atoms with Gasteiger partial charge in [0, 0.05) is 23.7 Å². The van der Waals surface area contributed by atoms with Gasteiger partial charge in [-0.05, 0) is 32.9 Å². The maximum absolute atomic E-state index is 12.5. The van der Waals surface area contributed by atoms with Crippen molar-refractivity contribution >= 4 is 29.1 Å². The Bertz CT molecular complexity index is 1030. The summed E-state index contributed by atoms with van der Waals surface area (Å²) in [5, 5.41) is 33.4. The molecule has 0 spiro atoms. The van der Waals surface area contributed by atoms with Gasteiger partial charge in [0.15, 0.2) is 34.0 Å². The minimum Gasteiger partial charge on any atom is -0.476 e. The van der Waals surface area contributed by atoms with Crippen LogP contribution < -0.4 is 4.74 Å². The molecular formula is C21H22N2O7S. The second-order valence-corrected chi connectivity index (χ2v) is 8.44. The van der Waals surface area contributed by atoms with E-state index < -0.39 is 45.3 Å².